The van der Waals surface area contributed by atoms with E-state index < -0.39 is 0 Å². The summed E-state index contributed by atoms with van der Waals surface area (Å²) in [5.41, 5.74) is 3.81. The smallest absolute Gasteiger partial charge is 0.248 e. The van der Waals surface area contributed by atoms with Crippen molar-refractivity contribution < 1.29 is 9.21 Å². The van der Waals surface area contributed by atoms with Crippen LogP contribution < -0.4 is 10.2 Å². The predicted octanol–water partition coefficient (Wildman–Crippen LogP) is 3.49. The number of carbonyl (C=O) groups excluding carboxylic acids is 1. The van der Waals surface area contributed by atoms with Crippen LogP contribution in [0.3, 0.4) is 0 Å². The Morgan fingerprint density at radius 1 is 1.45 bits per heavy atom. The lowest BCUT2D eigenvalue weighted by Crippen LogP contribution is -2.24. The zero-order chi connectivity index (χ0) is 15.3. The van der Waals surface area contributed by atoms with Crippen molar-refractivity contribution in [3.8, 4) is 0 Å². The molecule has 2 aliphatic heterocycles. The van der Waals surface area contributed by atoms with Crippen molar-refractivity contribution >= 4 is 34.2 Å². The quantitative estimate of drug-likeness (QED) is 0.819. The minimum Gasteiger partial charge on any atom is -0.464 e. The number of rotatable bonds is 1. The molecular formula is C17H17ClN2O2. The van der Waals surface area contributed by atoms with Crippen LogP contribution >= 0.6 is 11.6 Å². The molecule has 4 rings (SSSR count). The maximum Gasteiger partial charge on any atom is 0.248 e. The van der Waals surface area contributed by atoms with Crippen LogP contribution in [0.2, 0.25) is 5.02 Å². The molecule has 1 unspecified atom stereocenters. The Morgan fingerprint density at radius 3 is 3.09 bits per heavy atom. The number of benzene rings is 1. The van der Waals surface area contributed by atoms with Gasteiger partial charge in [0.2, 0.25) is 5.91 Å². The number of nitrogens with one attached hydrogen (secondary N) is 1. The molecule has 1 aromatic heterocycles. The Bertz CT molecular complexity index is 793. The molecule has 0 radical (unpaired) electrons. The van der Waals surface area contributed by atoms with Gasteiger partial charge in [0.1, 0.15) is 5.58 Å². The van der Waals surface area contributed by atoms with Gasteiger partial charge in [0.05, 0.1) is 17.0 Å². The molecule has 1 atom stereocenters. The number of nitrogens with zero attached hydrogens (tertiary/aromatic N) is 1. The summed E-state index contributed by atoms with van der Waals surface area (Å²) in [6.45, 7) is 3.76. The normalized spacial score (nSPS) is 23.2. The lowest BCUT2D eigenvalue weighted by molar-refractivity contribution is -0.116. The Morgan fingerprint density at radius 2 is 2.32 bits per heavy atom. The van der Waals surface area contributed by atoms with Gasteiger partial charge in [0.15, 0.2) is 0 Å². The van der Waals surface area contributed by atoms with Crippen LogP contribution in [0.4, 0.5) is 5.69 Å². The van der Waals surface area contributed by atoms with E-state index in [-0.39, 0.29) is 5.91 Å². The molecule has 2 aromatic rings. The van der Waals surface area contributed by atoms with Crippen LogP contribution in [0.5, 0.6) is 0 Å². The van der Waals surface area contributed by atoms with Crippen molar-refractivity contribution in [2.75, 3.05) is 18.0 Å². The molecule has 5 heteroatoms. The topological polar surface area (TPSA) is 45.5 Å². The largest absolute Gasteiger partial charge is 0.464 e. The lowest BCUT2D eigenvalue weighted by Gasteiger charge is -2.24. The molecule has 1 aromatic carbocycles. The summed E-state index contributed by atoms with van der Waals surface area (Å²) in [7, 11) is 0. The molecule has 0 spiro atoms. The van der Waals surface area contributed by atoms with Gasteiger partial charge in [-0.05, 0) is 30.9 Å². The van der Waals surface area contributed by atoms with E-state index in [9.17, 15) is 4.79 Å². The first-order valence-electron chi connectivity index (χ1n) is 7.57. The van der Waals surface area contributed by atoms with Crippen molar-refractivity contribution in [2.45, 2.75) is 19.8 Å². The van der Waals surface area contributed by atoms with E-state index in [1.807, 2.05) is 24.6 Å². The van der Waals surface area contributed by atoms with Crippen LogP contribution in [0, 0.1) is 5.92 Å². The number of anilines is 1. The van der Waals surface area contributed by atoms with E-state index in [4.69, 9.17) is 16.0 Å². The van der Waals surface area contributed by atoms with Gasteiger partial charge in [-0.1, -0.05) is 18.5 Å². The van der Waals surface area contributed by atoms with Gasteiger partial charge in [-0.15, -0.1) is 0 Å². The number of furan rings is 1. The van der Waals surface area contributed by atoms with Crippen molar-refractivity contribution in [2.24, 2.45) is 5.92 Å². The monoisotopic (exact) mass is 316 g/mol. The molecule has 1 fully saturated rings. The summed E-state index contributed by atoms with van der Waals surface area (Å²) in [5, 5.41) is 4.62. The van der Waals surface area contributed by atoms with Crippen molar-refractivity contribution in [3.63, 3.8) is 0 Å². The summed E-state index contributed by atoms with van der Waals surface area (Å²) in [5.74, 6) is 0.471. The van der Waals surface area contributed by atoms with Gasteiger partial charge < -0.3 is 14.6 Å². The third-order valence-electron chi connectivity index (χ3n) is 4.39. The zero-order valence-corrected chi connectivity index (χ0v) is 13.1. The van der Waals surface area contributed by atoms with Gasteiger partial charge in [-0.3, -0.25) is 4.79 Å². The summed E-state index contributed by atoms with van der Waals surface area (Å²) in [6.07, 6.45) is 5.50. The van der Waals surface area contributed by atoms with E-state index >= 15 is 0 Å². The van der Waals surface area contributed by atoms with E-state index in [1.165, 1.54) is 5.56 Å². The predicted molar refractivity (Wildman–Crippen MR) is 87.1 cm³/mol. The fourth-order valence-electron chi connectivity index (χ4n) is 3.41. The molecule has 22 heavy (non-hydrogen) atoms. The van der Waals surface area contributed by atoms with E-state index in [2.05, 4.69) is 17.1 Å². The standard InChI is InChI=1S/C17H17ClN2O2/c1-10-6-12-9-22-14-3-2-13(18)16(15(12)14)20(7-10)8-11-4-5-19-17(11)21/h2-3,8-10H,4-7H2,1H3,(H,19,21). The van der Waals surface area contributed by atoms with Crippen molar-refractivity contribution in [1.82, 2.24) is 5.32 Å². The lowest BCUT2D eigenvalue weighted by atomic mass is 10.0. The third-order valence-corrected chi connectivity index (χ3v) is 4.69. The van der Waals surface area contributed by atoms with Crippen molar-refractivity contribution in [3.05, 3.63) is 40.8 Å². The Labute approximate surface area is 133 Å². The maximum atomic E-state index is 11.9. The van der Waals surface area contributed by atoms with E-state index in [0.717, 1.165) is 41.6 Å². The van der Waals surface area contributed by atoms with E-state index in [0.29, 0.717) is 17.5 Å². The molecule has 0 saturated carbocycles. The van der Waals surface area contributed by atoms with Crippen molar-refractivity contribution in [1.29, 1.82) is 0 Å². The number of carbonyl (C=O) groups is 1. The number of amides is 1. The van der Waals surface area contributed by atoms with Gasteiger partial charge in [0.25, 0.3) is 0 Å². The maximum absolute atomic E-state index is 11.9. The zero-order valence-electron chi connectivity index (χ0n) is 12.4. The SMILES string of the molecule is CC1Cc2coc3ccc(Cl)c(c23)N(C=C2CCNC2=O)C1. The molecular weight excluding hydrogens is 300 g/mol. The second-order valence-electron chi connectivity index (χ2n) is 6.15. The molecule has 0 aliphatic carbocycles. The Kier molecular flexibility index (Phi) is 3.15. The average molecular weight is 317 g/mol. The number of hydrogen-bond acceptors (Lipinski definition) is 3. The molecule has 1 N–H and O–H groups in total. The van der Waals surface area contributed by atoms with Crippen LogP contribution in [0.25, 0.3) is 11.0 Å². The van der Waals surface area contributed by atoms with Gasteiger partial charge in [0, 0.05) is 35.8 Å². The first kappa shape index (κ1) is 13.7. The Balaban J connectivity index is 1.91. The third kappa shape index (κ3) is 2.10. The van der Waals surface area contributed by atoms with Crippen LogP contribution in [0.15, 0.2) is 34.6 Å². The van der Waals surface area contributed by atoms with Crippen LogP contribution in [0.1, 0.15) is 18.9 Å². The number of hydrogen-bond donors (Lipinski definition) is 1. The highest BCUT2D eigenvalue weighted by Crippen LogP contribution is 2.41. The van der Waals surface area contributed by atoms with Gasteiger partial charge >= 0.3 is 0 Å². The molecule has 0 bridgehead atoms. The molecule has 4 nitrogen and oxygen atoms in total. The van der Waals surface area contributed by atoms with Crippen LogP contribution in [-0.2, 0) is 11.2 Å². The molecule has 1 amide bonds. The minimum atomic E-state index is 0.0209. The average Bonchev–Trinajstić information content (AvgIpc) is 3.02. The first-order valence-corrected chi connectivity index (χ1v) is 7.95. The first-order chi connectivity index (χ1) is 10.6. The highest BCUT2D eigenvalue weighted by atomic mass is 35.5. The van der Waals surface area contributed by atoms with Crippen LogP contribution in [-0.4, -0.2) is 19.0 Å². The fourth-order valence-corrected chi connectivity index (χ4v) is 3.68. The molecule has 1 saturated heterocycles. The minimum absolute atomic E-state index is 0.0209. The molecule has 2 aliphatic rings. The second kappa shape index (κ2) is 5.06. The second-order valence-corrected chi connectivity index (χ2v) is 6.56. The molecule has 114 valence electrons. The summed E-state index contributed by atoms with van der Waals surface area (Å²) < 4.78 is 5.67. The van der Waals surface area contributed by atoms with Gasteiger partial charge in [-0.25, -0.2) is 0 Å². The highest BCUT2D eigenvalue weighted by Gasteiger charge is 2.26. The Hall–Kier alpha value is -1.94. The van der Waals surface area contributed by atoms with Gasteiger partial charge in [-0.2, -0.15) is 0 Å². The molecule has 3 heterocycles. The fraction of sp³-hybridized carbons (Fsp3) is 0.353. The summed E-state index contributed by atoms with van der Waals surface area (Å²) in [6, 6.07) is 3.77. The summed E-state index contributed by atoms with van der Waals surface area (Å²) in [4.78, 5) is 14.0. The number of halogens is 1. The highest BCUT2D eigenvalue weighted by molar-refractivity contribution is 6.35. The van der Waals surface area contributed by atoms with E-state index in [1.54, 1.807) is 0 Å². The summed E-state index contributed by atoms with van der Waals surface area (Å²) >= 11 is 6.49.